The van der Waals surface area contributed by atoms with E-state index in [0.717, 1.165) is 13.4 Å². The SMILES string of the molecule is C#CC(=O)O.Oc1c(Br)c(Br)c(Br)c(Br)c1Br. The van der Waals surface area contributed by atoms with E-state index in [-0.39, 0.29) is 5.75 Å². The molecule has 1 aromatic rings. The fourth-order valence-electron chi connectivity index (χ4n) is 0.593. The van der Waals surface area contributed by atoms with Gasteiger partial charge in [-0.15, -0.1) is 6.42 Å². The summed E-state index contributed by atoms with van der Waals surface area (Å²) in [6.07, 6.45) is 4.32. The number of halogens is 5. The van der Waals surface area contributed by atoms with E-state index in [1.54, 1.807) is 0 Å². The molecule has 0 amide bonds. The molecule has 0 saturated heterocycles. The van der Waals surface area contributed by atoms with E-state index < -0.39 is 5.97 Å². The van der Waals surface area contributed by atoms with Crippen molar-refractivity contribution < 1.29 is 15.0 Å². The third-order valence-electron chi connectivity index (χ3n) is 1.31. The molecule has 17 heavy (non-hydrogen) atoms. The smallest absolute Gasteiger partial charge is 0.381 e. The molecule has 1 aromatic carbocycles. The minimum absolute atomic E-state index is 0.164. The molecular weight excluding hydrogens is 556 g/mol. The van der Waals surface area contributed by atoms with Crippen molar-refractivity contribution in [1.29, 1.82) is 0 Å². The van der Waals surface area contributed by atoms with Crippen LogP contribution in [0.15, 0.2) is 22.4 Å². The molecule has 0 unspecified atom stereocenters. The lowest BCUT2D eigenvalue weighted by Gasteiger charge is -2.07. The summed E-state index contributed by atoms with van der Waals surface area (Å²) >= 11 is 16.4. The number of aliphatic carboxylic acids is 1. The summed E-state index contributed by atoms with van der Waals surface area (Å²) in [6.45, 7) is 0. The maximum absolute atomic E-state index is 9.52. The van der Waals surface area contributed by atoms with Gasteiger partial charge in [-0.2, -0.15) is 0 Å². The average Bonchev–Trinajstić information content (AvgIpc) is 2.32. The van der Waals surface area contributed by atoms with Gasteiger partial charge in [0.05, 0.1) is 17.9 Å². The van der Waals surface area contributed by atoms with Crippen LogP contribution in [0.25, 0.3) is 0 Å². The normalized spacial score (nSPS) is 8.94. The van der Waals surface area contributed by atoms with Gasteiger partial charge in [-0.05, 0) is 79.6 Å². The zero-order valence-electron chi connectivity index (χ0n) is 7.77. The monoisotopic (exact) mass is 554 g/mol. The summed E-state index contributed by atoms with van der Waals surface area (Å²) in [7, 11) is 0. The number of hydrogen-bond donors (Lipinski definition) is 2. The molecule has 0 bridgehead atoms. The van der Waals surface area contributed by atoms with Gasteiger partial charge in [0.1, 0.15) is 5.75 Å². The number of hydrogen-bond acceptors (Lipinski definition) is 2. The molecular formula is C9H3Br5O3. The highest BCUT2D eigenvalue weighted by atomic mass is 79.9. The molecule has 1 rings (SSSR count). The van der Waals surface area contributed by atoms with Gasteiger partial charge in [0.25, 0.3) is 0 Å². The van der Waals surface area contributed by atoms with Crippen molar-refractivity contribution in [2.24, 2.45) is 0 Å². The van der Waals surface area contributed by atoms with Gasteiger partial charge in [-0.1, -0.05) is 0 Å². The number of phenolic OH excluding ortho intramolecular Hbond substituents is 1. The van der Waals surface area contributed by atoms with Crippen LogP contribution in [0.1, 0.15) is 0 Å². The largest absolute Gasteiger partial charge is 0.505 e. The van der Waals surface area contributed by atoms with Crippen molar-refractivity contribution in [2.45, 2.75) is 0 Å². The molecule has 0 spiro atoms. The molecule has 0 aliphatic heterocycles. The van der Waals surface area contributed by atoms with Crippen LogP contribution in [-0.4, -0.2) is 16.2 Å². The highest BCUT2D eigenvalue weighted by Crippen LogP contribution is 2.47. The first-order valence-electron chi connectivity index (χ1n) is 3.63. The molecule has 0 atom stereocenters. The number of aromatic hydroxyl groups is 1. The summed E-state index contributed by atoms with van der Waals surface area (Å²) in [4.78, 5) is 9.13. The van der Waals surface area contributed by atoms with Crippen molar-refractivity contribution in [3.63, 3.8) is 0 Å². The Labute approximate surface area is 140 Å². The maximum atomic E-state index is 9.52. The van der Waals surface area contributed by atoms with E-state index >= 15 is 0 Å². The summed E-state index contributed by atoms with van der Waals surface area (Å²) in [5, 5.41) is 17.0. The average molecular weight is 559 g/mol. The number of carbonyl (C=O) groups is 1. The van der Waals surface area contributed by atoms with Crippen LogP contribution in [0, 0.1) is 12.3 Å². The summed E-state index contributed by atoms with van der Waals surface area (Å²) in [5.41, 5.74) is 0. The Kier molecular flexibility index (Phi) is 8.00. The maximum Gasteiger partial charge on any atom is 0.381 e. The zero-order chi connectivity index (χ0) is 13.7. The molecule has 0 aliphatic carbocycles. The third-order valence-corrected chi connectivity index (χ3v) is 7.36. The first-order chi connectivity index (χ1) is 7.73. The number of phenols is 1. The Bertz CT molecular complexity index is 387. The third kappa shape index (κ3) is 4.91. The lowest BCUT2D eigenvalue weighted by Crippen LogP contribution is -1.83. The van der Waals surface area contributed by atoms with Crippen molar-refractivity contribution in [3.8, 4) is 18.1 Å². The van der Waals surface area contributed by atoms with E-state index in [1.165, 1.54) is 5.92 Å². The van der Waals surface area contributed by atoms with E-state index in [0.29, 0.717) is 8.95 Å². The second-order valence-corrected chi connectivity index (χ2v) is 6.33. The topological polar surface area (TPSA) is 57.5 Å². The Morgan fingerprint density at radius 3 is 1.41 bits per heavy atom. The van der Waals surface area contributed by atoms with Crippen LogP contribution in [-0.2, 0) is 4.79 Å². The van der Waals surface area contributed by atoms with Crippen LogP contribution in [0.5, 0.6) is 5.75 Å². The van der Waals surface area contributed by atoms with Gasteiger partial charge >= 0.3 is 5.97 Å². The quantitative estimate of drug-likeness (QED) is 0.270. The molecule has 2 N–H and O–H groups in total. The fourth-order valence-corrected chi connectivity index (χ4v) is 3.62. The van der Waals surface area contributed by atoms with Crippen molar-refractivity contribution in [1.82, 2.24) is 0 Å². The molecule has 0 aliphatic rings. The molecule has 92 valence electrons. The van der Waals surface area contributed by atoms with Crippen LogP contribution in [0.3, 0.4) is 0 Å². The fraction of sp³-hybridized carbons (Fsp3) is 0. The van der Waals surface area contributed by atoms with Gasteiger partial charge in [-0.25, -0.2) is 4.79 Å². The van der Waals surface area contributed by atoms with Crippen molar-refractivity contribution in [2.75, 3.05) is 0 Å². The first-order valence-corrected chi connectivity index (χ1v) is 7.60. The lowest BCUT2D eigenvalue weighted by atomic mass is 10.3. The number of carboxylic acid groups (broad SMARTS) is 1. The van der Waals surface area contributed by atoms with Gasteiger partial charge in [0.2, 0.25) is 0 Å². The van der Waals surface area contributed by atoms with Gasteiger partial charge in [0, 0.05) is 10.4 Å². The van der Waals surface area contributed by atoms with E-state index in [9.17, 15) is 5.11 Å². The number of benzene rings is 1. The Morgan fingerprint density at radius 1 is 0.941 bits per heavy atom. The molecule has 0 radical (unpaired) electrons. The Morgan fingerprint density at radius 2 is 1.18 bits per heavy atom. The van der Waals surface area contributed by atoms with Gasteiger partial charge < -0.3 is 10.2 Å². The van der Waals surface area contributed by atoms with Crippen LogP contribution < -0.4 is 0 Å². The molecule has 0 heterocycles. The zero-order valence-corrected chi connectivity index (χ0v) is 15.7. The van der Waals surface area contributed by atoms with Crippen LogP contribution in [0.4, 0.5) is 0 Å². The van der Waals surface area contributed by atoms with Gasteiger partial charge in [-0.3, -0.25) is 0 Å². The van der Waals surface area contributed by atoms with E-state index in [2.05, 4.69) is 86.1 Å². The summed E-state index contributed by atoms with van der Waals surface area (Å²) in [6, 6.07) is 0. The predicted molar refractivity (Wildman–Crippen MR) is 83.1 cm³/mol. The highest BCUT2D eigenvalue weighted by molar-refractivity contribution is 9.15. The number of terminal acetylenes is 1. The van der Waals surface area contributed by atoms with Gasteiger partial charge in [0.15, 0.2) is 0 Å². The first kappa shape index (κ1) is 17.4. The number of rotatable bonds is 0. The summed E-state index contributed by atoms with van der Waals surface area (Å²) < 4.78 is 3.62. The molecule has 0 aromatic heterocycles. The standard InChI is InChI=1S/C6HBr5O.C3H2O2/c7-1-2(8)4(10)6(12)5(11)3(1)9;1-2-3(4)5/h12H;1H,(H,4,5). The predicted octanol–water partition coefficient (Wildman–Crippen LogP) is 4.91. The van der Waals surface area contributed by atoms with Crippen LogP contribution in [0.2, 0.25) is 0 Å². The van der Waals surface area contributed by atoms with E-state index in [1.807, 2.05) is 0 Å². The second-order valence-electron chi connectivity index (χ2n) is 2.37. The van der Waals surface area contributed by atoms with Crippen LogP contribution >= 0.6 is 79.6 Å². The van der Waals surface area contributed by atoms with Crippen molar-refractivity contribution in [3.05, 3.63) is 22.4 Å². The van der Waals surface area contributed by atoms with Crippen molar-refractivity contribution >= 4 is 85.6 Å². The molecule has 0 saturated carbocycles. The number of carboxylic acids is 1. The Balaban J connectivity index is 0.000000437. The Hall–Kier alpha value is 0.450. The summed E-state index contributed by atoms with van der Waals surface area (Å²) in [5.74, 6) is 0.391. The molecule has 0 fully saturated rings. The lowest BCUT2D eigenvalue weighted by molar-refractivity contribution is -0.130. The minimum atomic E-state index is -1.22. The minimum Gasteiger partial charge on any atom is -0.505 e. The molecule has 3 nitrogen and oxygen atoms in total. The van der Waals surface area contributed by atoms with E-state index in [4.69, 9.17) is 9.90 Å². The molecule has 8 heteroatoms. The second kappa shape index (κ2) is 7.79. The highest BCUT2D eigenvalue weighted by Gasteiger charge is 2.16.